The van der Waals surface area contributed by atoms with Gasteiger partial charge in [0.15, 0.2) is 0 Å². The van der Waals surface area contributed by atoms with E-state index >= 15 is 0 Å². The van der Waals surface area contributed by atoms with E-state index < -0.39 is 8.32 Å². The Bertz CT molecular complexity index is 127. The van der Waals surface area contributed by atoms with Crippen LogP contribution in [-0.4, -0.2) is 14.9 Å². The quantitative estimate of drug-likeness (QED) is 0.471. The Morgan fingerprint density at radius 2 is 1.91 bits per heavy atom. The molecule has 0 heterocycles. The summed E-state index contributed by atoms with van der Waals surface area (Å²) < 4.78 is 10.6. The SMILES string of the molecule is C=C(OCCC)O[Si](C)(C)C. The number of hydrogen-bond acceptors (Lipinski definition) is 2. The highest BCUT2D eigenvalue weighted by Gasteiger charge is 2.17. The Morgan fingerprint density at radius 1 is 1.36 bits per heavy atom. The summed E-state index contributed by atoms with van der Waals surface area (Å²) in [5.41, 5.74) is 0. The van der Waals surface area contributed by atoms with Gasteiger partial charge in [-0.25, -0.2) is 0 Å². The molecule has 0 aliphatic rings. The molecule has 0 fully saturated rings. The summed E-state index contributed by atoms with van der Waals surface area (Å²) in [4.78, 5) is 0. The second kappa shape index (κ2) is 4.44. The van der Waals surface area contributed by atoms with Crippen LogP contribution in [0.15, 0.2) is 12.5 Å². The van der Waals surface area contributed by atoms with Gasteiger partial charge in [0.25, 0.3) is 5.95 Å². The average molecular weight is 174 g/mol. The minimum atomic E-state index is -1.49. The van der Waals surface area contributed by atoms with Crippen molar-refractivity contribution in [3.8, 4) is 0 Å². The third-order valence-corrected chi connectivity index (χ3v) is 1.73. The molecule has 0 aromatic carbocycles. The first-order valence-electron chi connectivity index (χ1n) is 3.96. The lowest BCUT2D eigenvalue weighted by Gasteiger charge is -2.20. The molecule has 0 saturated carbocycles. The van der Waals surface area contributed by atoms with Gasteiger partial charge in [-0.3, -0.25) is 0 Å². The Balaban J connectivity index is 3.53. The highest BCUT2D eigenvalue weighted by atomic mass is 28.4. The Kier molecular flexibility index (Phi) is 4.26. The van der Waals surface area contributed by atoms with Gasteiger partial charge in [0, 0.05) is 0 Å². The highest BCUT2D eigenvalue weighted by Crippen LogP contribution is 2.09. The molecular weight excluding hydrogens is 156 g/mol. The van der Waals surface area contributed by atoms with Gasteiger partial charge in [0.1, 0.15) is 0 Å². The molecule has 66 valence electrons. The van der Waals surface area contributed by atoms with Crippen molar-refractivity contribution in [2.24, 2.45) is 0 Å². The molecule has 0 aromatic rings. The number of hydrogen-bond donors (Lipinski definition) is 0. The summed E-state index contributed by atoms with van der Waals surface area (Å²) >= 11 is 0. The fourth-order valence-electron chi connectivity index (χ4n) is 0.587. The van der Waals surface area contributed by atoms with Crippen molar-refractivity contribution in [3.05, 3.63) is 12.5 Å². The Morgan fingerprint density at radius 3 is 2.27 bits per heavy atom. The minimum Gasteiger partial charge on any atom is -0.520 e. The minimum absolute atomic E-state index is 0.478. The smallest absolute Gasteiger partial charge is 0.257 e. The second-order valence-electron chi connectivity index (χ2n) is 3.43. The zero-order valence-corrected chi connectivity index (χ0v) is 8.94. The summed E-state index contributed by atoms with van der Waals surface area (Å²) in [6.45, 7) is 12.7. The molecule has 0 aromatic heterocycles. The predicted molar refractivity (Wildman–Crippen MR) is 49.8 cm³/mol. The average Bonchev–Trinajstić information content (AvgIpc) is 1.79. The molecule has 0 atom stereocenters. The highest BCUT2D eigenvalue weighted by molar-refractivity contribution is 6.69. The summed E-state index contributed by atoms with van der Waals surface area (Å²) in [7, 11) is -1.49. The molecule has 2 nitrogen and oxygen atoms in total. The van der Waals surface area contributed by atoms with E-state index in [-0.39, 0.29) is 0 Å². The molecule has 0 spiro atoms. The van der Waals surface area contributed by atoms with Crippen LogP contribution in [0.25, 0.3) is 0 Å². The van der Waals surface area contributed by atoms with E-state index in [0.29, 0.717) is 12.6 Å². The number of rotatable bonds is 5. The maximum atomic E-state index is 5.46. The van der Waals surface area contributed by atoms with Gasteiger partial charge in [-0.05, 0) is 32.6 Å². The van der Waals surface area contributed by atoms with Gasteiger partial charge in [-0.1, -0.05) is 6.92 Å². The van der Waals surface area contributed by atoms with Crippen LogP contribution in [-0.2, 0) is 9.16 Å². The van der Waals surface area contributed by atoms with Crippen molar-refractivity contribution in [1.82, 2.24) is 0 Å². The van der Waals surface area contributed by atoms with Crippen molar-refractivity contribution in [2.45, 2.75) is 33.0 Å². The molecule has 0 aliphatic heterocycles. The van der Waals surface area contributed by atoms with E-state index in [0.717, 1.165) is 6.42 Å². The molecule has 11 heavy (non-hydrogen) atoms. The molecule has 0 bridgehead atoms. The van der Waals surface area contributed by atoms with Crippen LogP contribution in [0.1, 0.15) is 13.3 Å². The zero-order chi connectivity index (χ0) is 8.91. The third-order valence-electron chi connectivity index (χ3n) is 0.887. The van der Waals surface area contributed by atoms with Crippen LogP contribution < -0.4 is 0 Å². The lowest BCUT2D eigenvalue weighted by atomic mass is 10.5. The Hall–Kier alpha value is -0.443. The van der Waals surface area contributed by atoms with Crippen molar-refractivity contribution in [3.63, 3.8) is 0 Å². The first kappa shape index (κ1) is 10.6. The van der Waals surface area contributed by atoms with Crippen molar-refractivity contribution < 1.29 is 9.16 Å². The molecule has 0 N–H and O–H groups in total. The third kappa shape index (κ3) is 7.45. The zero-order valence-electron chi connectivity index (χ0n) is 7.94. The van der Waals surface area contributed by atoms with E-state index in [1.54, 1.807) is 0 Å². The molecule has 0 rings (SSSR count). The van der Waals surface area contributed by atoms with Crippen molar-refractivity contribution in [2.75, 3.05) is 6.61 Å². The van der Waals surface area contributed by atoms with Crippen molar-refractivity contribution >= 4 is 8.32 Å². The maximum Gasteiger partial charge on any atom is 0.257 e. The Labute approximate surface area is 70.3 Å². The predicted octanol–water partition coefficient (Wildman–Crippen LogP) is 2.74. The van der Waals surface area contributed by atoms with E-state index in [9.17, 15) is 0 Å². The molecule has 0 unspecified atom stereocenters. The van der Waals surface area contributed by atoms with E-state index in [2.05, 4.69) is 33.1 Å². The molecule has 0 aliphatic carbocycles. The molecule has 0 amide bonds. The summed E-state index contributed by atoms with van der Waals surface area (Å²) in [5, 5.41) is 0. The topological polar surface area (TPSA) is 18.5 Å². The lowest BCUT2D eigenvalue weighted by molar-refractivity contribution is 0.105. The van der Waals surface area contributed by atoms with Gasteiger partial charge in [-0.2, -0.15) is 0 Å². The van der Waals surface area contributed by atoms with Crippen LogP contribution in [0.3, 0.4) is 0 Å². The van der Waals surface area contributed by atoms with Crippen LogP contribution in [0, 0.1) is 0 Å². The van der Waals surface area contributed by atoms with E-state index in [4.69, 9.17) is 9.16 Å². The number of ether oxygens (including phenoxy) is 1. The molecular formula is C8H18O2Si. The normalized spacial score (nSPS) is 10.9. The second-order valence-corrected chi connectivity index (χ2v) is 7.86. The summed E-state index contributed by atoms with van der Waals surface area (Å²) in [5.74, 6) is 0.478. The summed E-state index contributed by atoms with van der Waals surface area (Å²) in [6, 6.07) is 0. The first-order valence-corrected chi connectivity index (χ1v) is 7.37. The van der Waals surface area contributed by atoms with Crippen molar-refractivity contribution in [1.29, 1.82) is 0 Å². The fourth-order valence-corrected chi connectivity index (χ4v) is 1.33. The maximum absolute atomic E-state index is 5.46. The van der Waals surface area contributed by atoms with Crippen LogP contribution >= 0.6 is 0 Å². The van der Waals surface area contributed by atoms with Gasteiger partial charge in [0.05, 0.1) is 6.61 Å². The van der Waals surface area contributed by atoms with Gasteiger partial charge >= 0.3 is 0 Å². The molecule has 3 heteroatoms. The van der Waals surface area contributed by atoms with Crippen LogP contribution in [0.5, 0.6) is 0 Å². The van der Waals surface area contributed by atoms with E-state index in [1.807, 2.05) is 0 Å². The first-order chi connectivity index (χ1) is 4.95. The van der Waals surface area contributed by atoms with Crippen LogP contribution in [0.4, 0.5) is 0 Å². The standard InChI is InChI=1S/C8H18O2Si/c1-6-7-9-8(2)10-11(3,4)5/h2,6-7H2,1,3-5H3. The van der Waals surface area contributed by atoms with Gasteiger partial charge in [-0.15, -0.1) is 0 Å². The van der Waals surface area contributed by atoms with Gasteiger partial charge < -0.3 is 9.16 Å². The van der Waals surface area contributed by atoms with Crippen LogP contribution in [0.2, 0.25) is 19.6 Å². The van der Waals surface area contributed by atoms with E-state index in [1.165, 1.54) is 0 Å². The molecule has 0 saturated heterocycles. The van der Waals surface area contributed by atoms with Gasteiger partial charge in [0.2, 0.25) is 8.32 Å². The summed E-state index contributed by atoms with van der Waals surface area (Å²) in [6.07, 6.45) is 0.994. The monoisotopic (exact) mass is 174 g/mol. The fraction of sp³-hybridized carbons (Fsp3) is 0.750. The molecule has 0 radical (unpaired) electrons. The largest absolute Gasteiger partial charge is 0.520 e. The lowest BCUT2D eigenvalue weighted by Crippen LogP contribution is -2.25.